The normalized spacial score (nSPS) is 11.0. The summed E-state index contributed by atoms with van der Waals surface area (Å²) < 4.78 is 24.5. The Morgan fingerprint density at radius 3 is 2.44 bits per heavy atom. The molecule has 0 saturated heterocycles. The van der Waals surface area contributed by atoms with Crippen LogP contribution in [-0.4, -0.2) is 41.5 Å². The van der Waals surface area contributed by atoms with Gasteiger partial charge in [-0.15, -0.1) is 0 Å². The summed E-state index contributed by atoms with van der Waals surface area (Å²) in [4.78, 5) is 23.2. The van der Waals surface area contributed by atoms with E-state index in [2.05, 4.69) is 57.0 Å². The smallest absolute Gasteiger partial charge is 0.341 e. The van der Waals surface area contributed by atoms with Crippen molar-refractivity contribution in [3.63, 3.8) is 0 Å². The summed E-state index contributed by atoms with van der Waals surface area (Å²) in [7, 11) is 1.43. The Morgan fingerprint density at radius 1 is 1.05 bits per heavy atom. The molecule has 0 aliphatic rings. The molecule has 0 spiro atoms. The number of amides is 1. The molecule has 0 atom stereocenters. The van der Waals surface area contributed by atoms with Crippen LogP contribution in [0.15, 0.2) is 74.7 Å². The fourth-order valence-corrected chi connectivity index (χ4v) is 4.38. The molecule has 2 aromatic carbocycles. The fraction of sp³-hybridized carbons (Fsp3) is 0.179. The van der Waals surface area contributed by atoms with Gasteiger partial charge in [-0.25, -0.2) is 10.2 Å². The summed E-state index contributed by atoms with van der Waals surface area (Å²) in [6.07, 6.45) is 1.40. The van der Waals surface area contributed by atoms with E-state index in [1.54, 1.807) is 24.3 Å². The van der Waals surface area contributed by atoms with Crippen molar-refractivity contribution in [2.75, 3.05) is 13.7 Å². The number of hydrogen-bond donors (Lipinski definition) is 2. The maximum absolute atomic E-state index is 12.4. The summed E-state index contributed by atoms with van der Waals surface area (Å²) >= 11 is 3.32. The Morgan fingerprint density at radius 2 is 1.77 bits per heavy atom. The van der Waals surface area contributed by atoms with Crippen molar-refractivity contribution in [2.24, 2.45) is 5.10 Å². The standard InChI is InChI=1S/C28H26BrN3O7/c1-17-4-5-18(2)32(17)20-6-8-21(9-7-20)37-15-22-10-11-24(39-22)28(35)31-30-14-19-12-23(29)27(25(13-19)36-3)38-16-26(33)34/h4-14H,15-16H2,1-3H3,(H,31,35)(H,33,34)/b30-14+. The first-order valence-electron chi connectivity index (χ1n) is 11.8. The maximum atomic E-state index is 12.4. The molecule has 4 rings (SSSR count). The molecule has 1 amide bonds. The maximum Gasteiger partial charge on any atom is 0.341 e. The van der Waals surface area contributed by atoms with E-state index in [1.165, 1.54) is 13.3 Å². The lowest BCUT2D eigenvalue weighted by molar-refractivity contribution is -0.139. The number of carboxylic acids is 1. The molecule has 0 fully saturated rings. The van der Waals surface area contributed by atoms with Crippen LogP contribution in [0.5, 0.6) is 17.2 Å². The Kier molecular flexibility index (Phi) is 8.72. The third-order valence-electron chi connectivity index (χ3n) is 5.60. The number of benzene rings is 2. The third kappa shape index (κ3) is 6.88. The molecular formula is C28H26BrN3O7. The van der Waals surface area contributed by atoms with Crippen molar-refractivity contribution in [3.8, 4) is 22.9 Å². The van der Waals surface area contributed by atoms with Gasteiger partial charge in [0, 0.05) is 17.1 Å². The van der Waals surface area contributed by atoms with E-state index < -0.39 is 18.5 Å². The molecule has 0 aliphatic heterocycles. The first kappa shape index (κ1) is 27.5. The van der Waals surface area contributed by atoms with E-state index in [9.17, 15) is 9.59 Å². The van der Waals surface area contributed by atoms with Crippen LogP contribution in [0.25, 0.3) is 5.69 Å². The Bertz CT molecular complexity index is 1490. The number of methoxy groups -OCH3 is 1. The van der Waals surface area contributed by atoms with Gasteiger partial charge >= 0.3 is 11.9 Å². The zero-order valence-electron chi connectivity index (χ0n) is 21.4. The number of carbonyl (C=O) groups excluding carboxylic acids is 1. The second-order valence-electron chi connectivity index (χ2n) is 8.42. The molecule has 39 heavy (non-hydrogen) atoms. The van der Waals surface area contributed by atoms with Gasteiger partial charge in [-0.2, -0.15) is 5.10 Å². The largest absolute Gasteiger partial charge is 0.493 e. The van der Waals surface area contributed by atoms with E-state index in [-0.39, 0.29) is 18.1 Å². The van der Waals surface area contributed by atoms with Crippen LogP contribution in [0.3, 0.4) is 0 Å². The van der Waals surface area contributed by atoms with Crippen LogP contribution in [0, 0.1) is 13.8 Å². The average Bonchev–Trinajstić information content (AvgIpc) is 3.53. The summed E-state index contributed by atoms with van der Waals surface area (Å²) in [6.45, 7) is 3.75. The minimum atomic E-state index is -1.11. The van der Waals surface area contributed by atoms with Crippen molar-refractivity contribution in [3.05, 3.63) is 93.6 Å². The number of hydrogen-bond acceptors (Lipinski definition) is 7. The van der Waals surface area contributed by atoms with Gasteiger partial charge in [-0.05, 0) is 96.0 Å². The molecule has 202 valence electrons. The van der Waals surface area contributed by atoms with Crippen molar-refractivity contribution in [2.45, 2.75) is 20.5 Å². The number of aromatic nitrogens is 1. The quantitative estimate of drug-likeness (QED) is 0.179. The predicted molar refractivity (Wildman–Crippen MR) is 147 cm³/mol. The molecule has 2 N–H and O–H groups in total. The molecule has 10 nitrogen and oxygen atoms in total. The SMILES string of the molecule is COc1cc(/C=N/NC(=O)c2ccc(COc3ccc(-n4c(C)ccc4C)cc3)o2)cc(Br)c1OCC(=O)O. The van der Waals surface area contributed by atoms with E-state index in [4.69, 9.17) is 23.7 Å². The number of aryl methyl sites for hydroxylation is 2. The van der Waals surface area contributed by atoms with E-state index in [1.807, 2.05) is 24.3 Å². The first-order valence-corrected chi connectivity index (χ1v) is 12.6. The molecule has 0 saturated carbocycles. The molecular weight excluding hydrogens is 570 g/mol. The number of hydrazone groups is 1. The predicted octanol–water partition coefficient (Wildman–Crippen LogP) is 5.26. The number of halogens is 1. The van der Waals surface area contributed by atoms with Crippen molar-refractivity contribution in [1.82, 2.24) is 9.99 Å². The number of furan rings is 1. The first-order chi connectivity index (χ1) is 18.7. The number of carboxylic acid groups (broad SMARTS) is 1. The topological polar surface area (TPSA) is 125 Å². The van der Waals surface area contributed by atoms with Gasteiger partial charge in [-0.1, -0.05) is 0 Å². The minimum absolute atomic E-state index is 0.0795. The van der Waals surface area contributed by atoms with Crippen LogP contribution < -0.4 is 19.6 Å². The van der Waals surface area contributed by atoms with Gasteiger partial charge in [-0.3, -0.25) is 4.79 Å². The Balaban J connectivity index is 1.32. The highest BCUT2D eigenvalue weighted by molar-refractivity contribution is 9.10. The van der Waals surface area contributed by atoms with E-state index in [0.717, 1.165) is 17.1 Å². The van der Waals surface area contributed by atoms with Crippen molar-refractivity contribution in [1.29, 1.82) is 0 Å². The monoisotopic (exact) mass is 595 g/mol. The Labute approximate surface area is 232 Å². The lowest BCUT2D eigenvalue weighted by Gasteiger charge is -2.12. The van der Waals surface area contributed by atoms with Crippen molar-refractivity contribution < 1.29 is 33.3 Å². The summed E-state index contributed by atoms with van der Waals surface area (Å²) in [5.74, 6) is 0.136. The summed E-state index contributed by atoms with van der Waals surface area (Å²) in [5.41, 5.74) is 6.33. The summed E-state index contributed by atoms with van der Waals surface area (Å²) in [6, 6.07) is 18.3. The number of aliphatic carboxylic acids is 1. The summed E-state index contributed by atoms with van der Waals surface area (Å²) in [5, 5.41) is 12.8. The number of carbonyl (C=O) groups is 2. The molecule has 0 aliphatic carbocycles. The van der Waals surface area contributed by atoms with Crippen LogP contribution in [-0.2, 0) is 11.4 Å². The molecule has 0 bridgehead atoms. The third-order valence-corrected chi connectivity index (χ3v) is 6.19. The van der Waals surface area contributed by atoms with E-state index >= 15 is 0 Å². The van der Waals surface area contributed by atoms with E-state index in [0.29, 0.717) is 27.3 Å². The molecule has 2 heterocycles. The van der Waals surface area contributed by atoms with Gasteiger partial charge in [0.2, 0.25) is 0 Å². The highest BCUT2D eigenvalue weighted by Crippen LogP contribution is 2.36. The minimum Gasteiger partial charge on any atom is -0.493 e. The number of nitrogens with zero attached hydrogens (tertiary/aromatic N) is 2. The molecule has 4 aromatic rings. The second kappa shape index (κ2) is 12.4. The lowest BCUT2D eigenvalue weighted by atomic mass is 10.2. The Hall–Kier alpha value is -4.51. The lowest BCUT2D eigenvalue weighted by Crippen LogP contribution is -2.16. The van der Waals surface area contributed by atoms with Crippen LogP contribution in [0.2, 0.25) is 0 Å². The zero-order chi connectivity index (χ0) is 27.9. The highest BCUT2D eigenvalue weighted by atomic mass is 79.9. The molecule has 0 radical (unpaired) electrons. The van der Waals surface area contributed by atoms with Gasteiger partial charge in [0.15, 0.2) is 23.9 Å². The van der Waals surface area contributed by atoms with Gasteiger partial charge in [0.25, 0.3) is 0 Å². The number of ether oxygens (including phenoxy) is 3. The molecule has 0 unspecified atom stereocenters. The number of rotatable bonds is 11. The van der Waals surface area contributed by atoms with Gasteiger partial charge in [0.1, 0.15) is 18.1 Å². The van der Waals surface area contributed by atoms with Crippen molar-refractivity contribution >= 4 is 34.0 Å². The second-order valence-corrected chi connectivity index (χ2v) is 9.27. The highest BCUT2D eigenvalue weighted by Gasteiger charge is 2.14. The van der Waals surface area contributed by atoms with Crippen LogP contribution in [0.4, 0.5) is 0 Å². The fourth-order valence-electron chi connectivity index (χ4n) is 3.81. The van der Waals surface area contributed by atoms with Gasteiger partial charge in [0.05, 0.1) is 17.8 Å². The zero-order valence-corrected chi connectivity index (χ0v) is 23.0. The van der Waals surface area contributed by atoms with Crippen LogP contribution in [0.1, 0.15) is 33.3 Å². The average molecular weight is 596 g/mol. The molecule has 2 aromatic heterocycles. The number of nitrogens with one attached hydrogen (secondary N) is 1. The molecule has 11 heteroatoms. The van der Waals surface area contributed by atoms with Gasteiger partial charge < -0.3 is 28.3 Å². The van der Waals surface area contributed by atoms with Crippen LogP contribution >= 0.6 is 15.9 Å².